The first-order valence-corrected chi connectivity index (χ1v) is 5.71. The fourth-order valence-electron chi connectivity index (χ4n) is 1.66. The minimum Gasteiger partial charge on any atom is -0.378 e. The number of nitrogens with zero attached hydrogens (tertiary/aromatic N) is 3. The molecule has 6 nitrogen and oxygen atoms in total. The van der Waals surface area contributed by atoms with Crippen LogP contribution >= 0.6 is 0 Å². The smallest absolute Gasteiger partial charge is 0.224 e. The molecular formula is C11H16N4O2. The van der Waals surface area contributed by atoms with E-state index < -0.39 is 0 Å². The lowest BCUT2D eigenvalue weighted by Gasteiger charge is -2.26. The molecule has 1 aromatic heterocycles. The Labute approximate surface area is 100 Å². The maximum Gasteiger partial charge on any atom is 0.224 e. The van der Waals surface area contributed by atoms with Gasteiger partial charge in [0.2, 0.25) is 5.91 Å². The van der Waals surface area contributed by atoms with Gasteiger partial charge in [-0.15, -0.1) is 0 Å². The van der Waals surface area contributed by atoms with Crippen LogP contribution in [0.5, 0.6) is 0 Å². The fourth-order valence-corrected chi connectivity index (χ4v) is 1.66. The van der Waals surface area contributed by atoms with E-state index in [2.05, 4.69) is 15.3 Å². The Balaban J connectivity index is 1.69. The normalized spacial score (nSPS) is 15.6. The van der Waals surface area contributed by atoms with Crippen LogP contribution in [0.15, 0.2) is 18.6 Å². The van der Waals surface area contributed by atoms with E-state index in [0.29, 0.717) is 45.1 Å². The number of carbonyl (C=O) groups is 1. The first-order valence-electron chi connectivity index (χ1n) is 5.71. The summed E-state index contributed by atoms with van der Waals surface area (Å²) in [7, 11) is 0. The average molecular weight is 236 g/mol. The first-order chi connectivity index (χ1) is 8.36. The Morgan fingerprint density at radius 2 is 2.24 bits per heavy atom. The molecular weight excluding hydrogens is 220 g/mol. The summed E-state index contributed by atoms with van der Waals surface area (Å²) in [6, 6.07) is 0. The van der Waals surface area contributed by atoms with Crippen LogP contribution in [0.4, 0.5) is 5.82 Å². The minimum atomic E-state index is 0.157. The van der Waals surface area contributed by atoms with Crippen LogP contribution < -0.4 is 5.32 Å². The third kappa shape index (κ3) is 3.67. The molecule has 0 radical (unpaired) electrons. The summed E-state index contributed by atoms with van der Waals surface area (Å²) in [6.45, 7) is 3.26. The molecule has 0 aliphatic carbocycles. The molecule has 0 saturated carbocycles. The highest BCUT2D eigenvalue weighted by Crippen LogP contribution is 2.01. The summed E-state index contributed by atoms with van der Waals surface area (Å²) < 4.78 is 5.20. The molecule has 17 heavy (non-hydrogen) atoms. The average Bonchev–Trinajstić information content (AvgIpc) is 2.41. The van der Waals surface area contributed by atoms with E-state index in [1.807, 2.05) is 4.90 Å². The van der Waals surface area contributed by atoms with Crippen molar-refractivity contribution in [2.45, 2.75) is 6.42 Å². The number of aromatic nitrogens is 2. The third-order valence-electron chi connectivity index (χ3n) is 2.57. The van der Waals surface area contributed by atoms with Gasteiger partial charge < -0.3 is 15.0 Å². The van der Waals surface area contributed by atoms with E-state index in [1.54, 1.807) is 18.6 Å². The maximum atomic E-state index is 11.8. The number of amides is 1. The maximum absolute atomic E-state index is 11.8. The molecule has 1 amide bonds. The minimum absolute atomic E-state index is 0.157. The highest BCUT2D eigenvalue weighted by Gasteiger charge is 2.15. The molecule has 0 unspecified atom stereocenters. The Bertz CT molecular complexity index is 352. The molecule has 1 aromatic rings. The fraction of sp³-hybridized carbons (Fsp3) is 0.545. The molecule has 92 valence electrons. The molecule has 6 heteroatoms. The van der Waals surface area contributed by atoms with Crippen molar-refractivity contribution in [2.24, 2.45) is 0 Å². The summed E-state index contributed by atoms with van der Waals surface area (Å²) in [5, 5.41) is 3.06. The molecule has 0 bridgehead atoms. The molecule has 0 aromatic carbocycles. The van der Waals surface area contributed by atoms with Crippen molar-refractivity contribution < 1.29 is 9.53 Å². The topological polar surface area (TPSA) is 67.4 Å². The number of anilines is 1. The summed E-state index contributed by atoms with van der Waals surface area (Å²) in [5.41, 5.74) is 0. The number of hydrogen-bond donors (Lipinski definition) is 1. The zero-order valence-corrected chi connectivity index (χ0v) is 9.63. The third-order valence-corrected chi connectivity index (χ3v) is 2.57. The van der Waals surface area contributed by atoms with Crippen LogP contribution in [0.3, 0.4) is 0 Å². The van der Waals surface area contributed by atoms with Gasteiger partial charge in [-0.25, -0.2) is 4.98 Å². The SMILES string of the molecule is O=C(CCNc1cnccn1)N1CCOCC1. The molecule has 1 aliphatic heterocycles. The van der Waals surface area contributed by atoms with E-state index in [-0.39, 0.29) is 5.91 Å². The molecule has 0 spiro atoms. The van der Waals surface area contributed by atoms with E-state index in [9.17, 15) is 4.79 Å². The van der Waals surface area contributed by atoms with Crippen molar-refractivity contribution in [1.29, 1.82) is 0 Å². The first kappa shape index (κ1) is 11.8. The zero-order chi connectivity index (χ0) is 11.9. The van der Waals surface area contributed by atoms with Crippen LogP contribution in [0, 0.1) is 0 Å². The summed E-state index contributed by atoms with van der Waals surface area (Å²) in [5.74, 6) is 0.854. The predicted molar refractivity (Wildman–Crippen MR) is 62.5 cm³/mol. The van der Waals surface area contributed by atoms with Crippen molar-refractivity contribution in [1.82, 2.24) is 14.9 Å². The number of nitrogens with one attached hydrogen (secondary N) is 1. The Hall–Kier alpha value is -1.69. The van der Waals surface area contributed by atoms with Gasteiger partial charge in [-0.2, -0.15) is 0 Å². The van der Waals surface area contributed by atoms with Crippen molar-refractivity contribution in [3.8, 4) is 0 Å². The molecule has 1 saturated heterocycles. The number of carbonyl (C=O) groups excluding carboxylic acids is 1. The Morgan fingerprint density at radius 3 is 2.94 bits per heavy atom. The zero-order valence-electron chi connectivity index (χ0n) is 9.63. The van der Waals surface area contributed by atoms with Crippen molar-refractivity contribution in [3.05, 3.63) is 18.6 Å². The van der Waals surface area contributed by atoms with Gasteiger partial charge in [-0.1, -0.05) is 0 Å². The van der Waals surface area contributed by atoms with Gasteiger partial charge in [0.05, 0.1) is 19.4 Å². The van der Waals surface area contributed by atoms with Crippen molar-refractivity contribution >= 4 is 11.7 Å². The summed E-state index contributed by atoms with van der Waals surface area (Å²) in [4.78, 5) is 21.6. The second-order valence-corrected chi connectivity index (χ2v) is 3.76. The van der Waals surface area contributed by atoms with E-state index in [1.165, 1.54) is 0 Å². The van der Waals surface area contributed by atoms with Crippen LogP contribution in [0.25, 0.3) is 0 Å². The second-order valence-electron chi connectivity index (χ2n) is 3.76. The second kappa shape index (κ2) is 6.15. The molecule has 1 N–H and O–H groups in total. The quantitative estimate of drug-likeness (QED) is 0.805. The summed E-state index contributed by atoms with van der Waals surface area (Å²) in [6.07, 6.45) is 5.34. The molecule has 1 fully saturated rings. The van der Waals surface area contributed by atoms with E-state index >= 15 is 0 Å². The van der Waals surface area contributed by atoms with E-state index in [0.717, 1.165) is 0 Å². The lowest BCUT2D eigenvalue weighted by atomic mass is 10.3. The van der Waals surface area contributed by atoms with Crippen molar-refractivity contribution in [3.63, 3.8) is 0 Å². The number of ether oxygens (including phenoxy) is 1. The van der Waals surface area contributed by atoms with Gasteiger partial charge >= 0.3 is 0 Å². The van der Waals surface area contributed by atoms with Gasteiger partial charge in [-0.05, 0) is 0 Å². The van der Waals surface area contributed by atoms with Gasteiger partial charge in [0.15, 0.2) is 0 Å². The highest BCUT2D eigenvalue weighted by atomic mass is 16.5. The van der Waals surface area contributed by atoms with Crippen molar-refractivity contribution in [2.75, 3.05) is 38.2 Å². The highest BCUT2D eigenvalue weighted by molar-refractivity contribution is 5.76. The van der Waals surface area contributed by atoms with Gasteiger partial charge in [0, 0.05) is 38.4 Å². The molecule has 0 atom stereocenters. The summed E-state index contributed by atoms with van der Waals surface area (Å²) >= 11 is 0. The lowest BCUT2D eigenvalue weighted by molar-refractivity contribution is -0.134. The molecule has 1 aliphatic rings. The van der Waals surface area contributed by atoms with Crippen LogP contribution in [0.2, 0.25) is 0 Å². The number of rotatable bonds is 4. The van der Waals surface area contributed by atoms with Gasteiger partial charge in [-0.3, -0.25) is 9.78 Å². The number of hydrogen-bond acceptors (Lipinski definition) is 5. The number of morpholine rings is 1. The van der Waals surface area contributed by atoms with Crippen LogP contribution in [-0.2, 0) is 9.53 Å². The monoisotopic (exact) mass is 236 g/mol. The van der Waals surface area contributed by atoms with Gasteiger partial charge in [0.1, 0.15) is 5.82 Å². The van der Waals surface area contributed by atoms with Crippen LogP contribution in [0.1, 0.15) is 6.42 Å². The standard InChI is InChI=1S/C11H16N4O2/c16-11(15-5-7-17-8-6-15)1-2-13-10-9-12-3-4-14-10/h3-4,9H,1-2,5-8H2,(H,13,14). The largest absolute Gasteiger partial charge is 0.378 e. The molecule has 2 heterocycles. The Kier molecular flexibility index (Phi) is 4.26. The lowest BCUT2D eigenvalue weighted by Crippen LogP contribution is -2.41. The van der Waals surface area contributed by atoms with E-state index in [4.69, 9.17) is 4.74 Å². The van der Waals surface area contributed by atoms with Gasteiger partial charge in [0.25, 0.3) is 0 Å². The predicted octanol–water partition coefficient (Wildman–Crippen LogP) is 0.137. The Morgan fingerprint density at radius 1 is 1.41 bits per heavy atom. The molecule has 2 rings (SSSR count). The van der Waals surface area contributed by atoms with Crippen LogP contribution in [-0.4, -0.2) is 53.6 Å².